The summed E-state index contributed by atoms with van der Waals surface area (Å²) in [6.07, 6.45) is 4.36. The summed E-state index contributed by atoms with van der Waals surface area (Å²) in [4.78, 5) is 51.1. The average Bonchev–Trinajstić information content (AvgIpc) is 3.58. The highest BCUT2D eigenvalue weighted by Gasteiger charge is 2.20. The third kappa shape index (κ3) is 5.99. The first-order valence-corrected chi connectivity index (χ1v) is 10.4. The summed E-state index contributed by atoms with van der Waals surface area (Å²) in [5, 5.41) is 35.8. The van der Waals surface area contributed by atoms with Crippen LogP contribution in [0.5, 0.6) is 0 Å². The number of hydrogen-bond acceptors (Lipinski definition) is 14. The van der Waals surface area contributed by atoms with Crippen LogP contribution >= 0.6 is 23.2 Å². The average molecular weight is 567 g/mol. The van der Waals surface area contributed by atoms with Crippen molar-refractivity contribution in [3.63, 3.8) is 0 Å². The summed E-state index contributed by atoms with van der Waals surface area (Å²) >= 11 is 11.7. The normalized spacial score (nSPS) is 10.2. The van der Waals surface area contributed by atoms with Gasteiger partial charge in [-0.25, -0.2) is 19.6 Å². The highest BCUT2D eigenvalue weighted by molar-refractivity contribution is 6.32. The maximum absolute atomic E-state index is 11.5. The fourth-order valence-corrected chi connectivity index (χ4v) is 3.02. The third-order valence-corrected chi connectivity index (χ3v) is 4.81. The first-order chi connectivity index (χ1) is 18.1. The lowest BCUT2D eigenvalue weighted by Gasteiger charge is -2.05. The van der Waals surface area contributed by atoms with E-state index in [9.17, 15) is 29.8 Å². The van der Waals surface area contributed by atoms with Crippen LogP contribution in [0.2, 0.25) is 10.0 Å². The van der Waals surface area contributed by atoms with E-state index in [1.807, 2.05) is 0 Å². The summed E-state index contributed by atoms with van der Waals surface area (Å²) in [6, 6.07) is 2.22. The van der Waals surface area contributed by atoms with Gasteiger partial charge in [-0.15, -0.1) is 15.0 Å². The van der Waals surface area contributed by atoms with Gasteiger partial charge in [-0.1, -0.05) is 28.4 Å². The van der Waals surface area contributed by atoms with E-state index in [0.717, 1.165) is 34.0 Å². The summed E-state index contributed by atoms with van der Waals surface area (Å²) < 4.78 is 10.0. The monoisotopic (exact) mass is 566 g/mol. The number of methoxy groups -OCH3 is 2. The third-order valence-electron chi connectivity index (χ3n) is 4.26. The van der Waals surface area contributed by atoms with Gasteiger partial charge in [0.05, 0.1) is 46.5 Å². The SMILES string of the molecule is COC(=O)c1cnn(-c2ncc([N+](=O)[O-])cc2Cl)n1.COC(=O)c1cnnn1-c1ncc([N+](=O)[O-])cc1Cl. The van der Waals surface area contributed by atoms with Crippen molar-refractivity contribution >= 4 is 46.5 Å². The lowest BCUT2D eigenvalue weighted by molar-refractivity contribution is -0.385. The van der Waals surface area contributed by atoms with Crippen molar-refractivity contribution < 1.29 is 28.9 Å². The Kier molecular flexibility index (Phi) is 8.50. The smallest absolute Gasteiger partial charge is 0.360 e. The van der Waals surface area contributed by atoms with E-state index >= 15 is 0 Å². The van der Waals surface area contributed by atoms with E-state index < -0.39 is 21.8 Å². The Morgan fingerprint density at radius 1 is 0.868 bits per heavy atom. The van der Waals surface area contributed by atoms with Crippen LogP contribution < -0.4 is 0 Å². The van der Waals surface area contributed by atoms with E-state index in [1.54, 1.807) is 0 Å². The molecule has 0 aliphatic heterocycles. The molecule has 20 heteroatoms. The molecule has 0 N–H and O–H groups in total. The first-order valence-electron chi connectivity index (χ1n) is 9.67. The minimum Gasteiger partial charge on any atom is -0.464 e. The summed E-state index contributed by atoms with van der Waals surface area (Å²) in [7, 11) is 2.41. The molecule has 196 valence electrons. The molecule has 4 aromatic rings. The molecule has 0 unspecified atom stereocenters. The molecule has 18 nitrogen and oxygen atoms in total. The van der Waals surface area contributed by atoms with Crippen LogP contribution in [-0.2, 0) is 9.47 Å². The number of carbonyl (C=O) groups excluding carboxylic acids is 2. The zero-order valence-corrected chi connectivity index (χ0v) is 20.5. The first kappa shape index (κ1) is 27.5. The Morgan fingerprint density at radius 3 is 1.92 bits per heavy atom. The summed E-state index contributed by atoms with van der Waals surface area (Å²) in [5.74, 6) is -1.22. The van der Waals surface area contributed by atoms with Crippen molar-refractivity contribution in [2.45, 2.75) is 0 Å². The van der Waals surface area contributed by atoms with Gasteiger partial charge in [0.1, 0.15) is 12.4 Å². The number of halogens is 2. The van der Waals surface area contributed by atoms with Gasteiger partial charge >= 0.3 is 11.9 Å². The summed E-state index contributed by atoms with van der Waals surface area (Å²) in [6.45, 7) is 0. The van der Waals surface area contributed by atoms with E-state index in [-0.39, 0.29) is 44.4 Å². The fraction of sp³-hybridized carbons (Fsp3) is 0.111. The number of rotatable bonds is 6. The number of nitrogens with zero attached hydrogens (tertiary/aromatic N) is 10. The number of ether oxygens (including phenoxy) is 2. The molecular formula is C18H12Cl2N10O8. The number of pyridine rings is 2. The minimum absolute atomic E-state index is 0.00533. The van der Waals surface area contributed by atoms with E-state index in [0.29, 0.717) is 0 Å². The van der Waals surface area contributed by atoms with Crippen LogP contribution in [0.15, 0.2) is 36.9 Å². The second-order valence-corrected chi connectivity index (χ2v) is 7.36. The minimum atomic E-state index is -0.679. The van der Waals surface area contributed by atoms with Crippen molar-refractivity contribution in [2.24, 2.45) is 0 Å². The second-order valence-electron chi connectivity index (χ2n) is 6.55. The highest BCUT2D eigenvalue weighted by atomic mass is 35.5. The van der Waals surface area contributed by atoms with E-state index in [2.05, 4.69) is 40.0 Å². The standard InChI is InChI=1S/2C9H6ClN5O4/c1-19-9(16)7-4-12-13-14(7)8-6(10)2-5(3-11-8)15(17)18;1-19-9(16)7-4-12-14(13-7)8-6(10)2-5(3-11-8)15(17)18/h2*2-4H,1H3. The van der Waals surface area contributed by atoms with Gasteiger partial charge in [0.2, 0.25) is 0 Å². The van der Waals surface area contributed by atoms with Crippen LogP contribution in [0, 0.1) is 20.2 Å². The van der Waals surface area contributed by atoms with Crippen molar-refractivity contribution in [3.05, 3.63) is 78.6 Å². The Hall–Kier alpha value is -5.10. The molecule has 0 spiro atoms. The van der Waals surface area contributed by atoms with Gasteiger partial charge in [0.25, 0.3) is 11.4 Å². The molecule has 0 amide bonds. The Morgan fingerprint density at radius 2 is 1.42 bits per heavy atom. The largest absolute Gasteiger partial charge is 0.464 e. The van der Waals surface area contributed by atoms with Crippen LogP contribution in [0.1, 0.15) is 21.0 Å². The molecule has 0 atom stereocenters. The lowest BCUT2D eigenvalue weighted by Crippen LogP contribution is -2.12. The molecule has 4 aromatic heterocycles. The molecular weight excluding hydrogens is 555 g/mol. The number of hydrogen-bond donors (Lipinski definition) is 0. The summed E-state index contributed by atoms with van der Waals surface area (Å²) in [5.41, 5.74) is -0.549. The molecule has 4 heterocycles. The van der Waals surface area contributed by atoms with Gasteiger partial charge in [-0.2, -0.15) is 9.78 Å². The maximum Gasteiger partial charge on any atom is 0.360 e. The van der Waals surface area contributed by atoms with Crippen LogP contribution in [0.3, 0.4) is 0 Å². The molecule has 0 aromatic carbocycles. The zero-order valence-electron chi connectivity index (χ0n) is 19.0. The predicted octanol–water partition coefficient (Wildman–Crippen LogP) is 2.02. The molecule has 0 saturated carbocycles. The molecule has 0 aliphatic carbocycles. The molecule has 0 radical (unpaired) electrons. The van der Waals surface area contributed by atoms with Crippen molar-refractivity contribution in [2.75, 3.05) is 14.2 Å². The molecule has 0 aliphatic rings. The molecule has 0 saturated heterocycles. The second kappa shape index (κ2) is 11.8. The predicted molar refractivity (Wildman–Crippen MR) is 124 cm³/mol. The fourth-order valence-electron chi connectivity index (χ4n) is 2.54. The Balaban J connectivity index is 0.000000211. The van der Waals surface area contributed by atoms with Crippen LogP contribution in [0.4, 0.5) is 11.4 Å². The molecule has 38 heavy (non-hydrogen) atoms. The van der Waals surface area contributed by atoms with Gasteiger partial charge < -0.3 is 9.47 Å². The number of nitro groups is 2. The van der Waals surface area contributed by atoms with Gasteiger partial charge in [-0.05, 0) is 0 Å². The van der Waals surface area contributed by atoms with Gasteiger partial charge in [-0.3, -0.25) is 20.2 Å². The van der Waals surface area contributed by atoms with Crippen LogP contribution in [0.25, 0.3) is 11.6 Å². The van der Waals surface area contributed by atoms with Crippen molar-refractivity contribution in [1.82, 2.24) is 40.0 Å². The number of carbonyl (C=O) groups is 2. The van der Waals surface area contributed by atoms with E-state index in [4.69, 9.17) is 23.2 Å². The van der Waals surface area contributed by atoms with Crippen LogP contribution in [-0.4, -0.2) is 76.0 Å². The molecule has 0 bridgehead atoms. The molecule has 4 rings (SSSR count). The number of esters is 2. The molecule has 0 fully saturated rings. The van der Waals surface area contributed by atoms with Crippen molar-refractivity contribution in [1.29, 1.82) is 0 Å². The lowest BCUT2D eigenvalue weighted by atomic mass is 10.4. The highest BCUT2D eigenvalue weighted by Crippen LogP contribution is 2.24. The number of aromatic nitrogens is 8. The maximum atomic E-state index is 11.5. The zero-order chi connectivity index (χ0) is 28.0. The van der Waals surface area contributed by atoms with Gasteiger partial charge in [0, 0.05) is 12.1 Å². The van der Waals surface area contributed by atoms with Gasteiger partial charge in [0.15, 0.2) is 23.0 Å². The Bertz CT molecular complexity index is 1540. The van der Waals surface area contributed by atoms with E-state index in [1.165, 1.54) is 26.6 Å². The quantitative estimate of drug-likeness (QED) is 0.185. The topological polar surface area (TPSA) is 226 Å². The van der Waals surface area contributed by atoms with Crippen molar-refractivity contribution in [3.8, 4) is 11.6 Å². The Labute approximate surface area is 220 Å².